The van der Waals surface area contributed by atoms with Crippen LogP contribution in [0.3, 0.4) is 0 Å². The number of carbonyl (C=O) groups is 1. The molecule has 1 saturated heterocycles. The smallest absolute Gasteiger partial charge is 0.256 e. The van der Waals surface area contributed by atoms with Crippen LogP contribution < -0.4 is 16.8 Å². The highest BCUT2D eigenvalue weighted by Gasteiger charge is 2.19. The molecule has 16 heavy (non-hydrogen) atoms. The fraction of sp³-hybridized carbons (Fsp3) is 0.364. The molecule has 0 aliphatic carbocycles. The molecule has 0 aromatic heterocycles. The minimum Gasteiger partial charge on any atom is -0.399 e. The Morgan fingerprint density at radius 3 is 2.62 bits per heavy atom. The van der Waals surface area contributed by atoms with Gasteiger partial charge in [0.1, 0.15) is 0 Å². The molecular formula is C11H16N4O. The van der Waals surface area contributed by atoms with E-state index in [1.807, 2.05) is 0 Å². The summed E-state index contributed by atoms with van der Waals surface area (Å²) in [6.07, 6.45) is 0. The first-order valence-electron chi connectivity index (χ1n) is 5.33. The van der Waals surface area contributed by atoms with E-state index in [2.05, 4.69) is 5.32 Å². The summed E-state index contributed by atoms with van der Waals surface area (Å²) in [5.74, 6) is -0.0358. The summed E-state index contributed by atoms with van der Waals surface area (Å²) in [5.41, 5.74) is 13.0. The second kappa shape index (κ2) is 4.40. The van der Waals surface area contributed by atoms with Crippen molar-refractivity contribution in [3.63, 3.8) is 0 Å². The summed E-state index contributed by atoms with van der Waals surface area (Å²) in [6, 6.07) is 5.01. The Balaban J connectivity index is 2.22. The molecule has 1 heterocycles. The van der Waals surface area contributed by atoms with Gasteiger partial charge in [0.15, 0.2) is 0 Å². The van der Waals surface area contributed by atoms with Crippen LogP contribution in [-0.2, 0) is 0 Å². The molecule has 86 valence electrons. The van der Waals surface area contributed by atoms with Gasteiger partial charge < -0.3 is 21.7 Å². The van der Waals surface area contributed by atoms with Gasteiger partial charge in [-0.2, -0.15) is 0 Å². The number of hydrogen-bond donors (Lipinski definition) is 3. The lowest BCUT2D eigenvalue weighted by Crippen LogP contribution is -2.46. The Bertz CT molecular complexity index is 399. The van der Waals surface area contributed by atoms with Crippen LogP contribution in [0.15, 0.2) is 18.2 Å². The van der Waals surface area contributed by atoms with Crippen molar-refractivity contribution in [1.29, 1.82) is 0 Å². The molecule has 2 rings (SSSR count). The van der Waals surface area contributed by atoms with Gasteiger partial charge in [-0.3, -0.25) is 4.79 Å². The summed E-state index contributed by atoms with van der Waals surface area (Å²) in [6.45, 7) is 3.09. The van der Waals surface area contributed by atoms with Crippen LogP contribution in [0.1, 0.15) is 10.4 Å². The third-order valence-electron chi connectivity index (χ3n) is 2.71. The van der Waals surface area contributed by atoms with Gasteiger partial charge in [0.2, 0.25) is 0 Å². The second-order valence-corrected chi connectivity index (χ2v) is 3.89. The normalized spacial score (nSPS) is 16.1. The Morgan fingerprint density at radius 2 is 1.94 bits per heavy atom. The number of nitrogens with one attached hydrogen (secondary N) is 1. The fourth-order valence-electron chi connectivity index (χ4n) is 1.80. The largest absolute Gasteiger partial charge is 0.399 e. The number of piperazine rings is 1. The summed E-state index contributed by atoms with van der Waals surface area (Å²) in [7, 11) is 0. The number of rotatable bonds is 1. The van der Waals surface area contributed by atoms with Crippen LogP contribution in [0.4, 0.5) is 11.4 Å². The maximum Gasteiger partial charge on any atom is 0.256 e. The van der Waals surface area contributed by atoms with Gasteiger partial charge in [0.05, 0.1) is 5.56 Å². The predicted molar refractivity (Wildman–Crippen MR) is 64.0 cm³/mol. The van der Waals surface area contributed by atoms with Crippen molar-refractivity contribution >= 4 is 17.3 Å². The van der Waals surface area contributed by atoms with Crippen LogP contribution in [0.25, 0.3) is 0 Å². The average Bonchev–Trinajstić information content (AvgIpc) is 2.32. The highest BCUT2D eigenvalue weighted by molar-refractivity contribution is 6.00. The first kappa shape index (κ1) is 10.8. The zero-order valence-electron chi connectivity index (χ0n) is 9.07. The average molecular weight is 220 g/mol. The van der Waals surface area contributed by atoms with E-state index in [1.54, 1.807) is 23.1 Å². The maximum absolute atomic E-state index is 12.1. The molecular weight excluding hydrogens is 204 g/mol. The molecule has 0 radical (unpaired) electrons. The topological polar surface area (TPSA) is 84.4 Å². The van der Waals surface area contributed by atoms with Gasteiger partial charge in [-0.1, -0.05) is 0 Å². The lowest BCUT2D eigenvalue weighted by molar-refractivity contribution is 0.0737. The third-order valence-corrected chi connectivity index (χ3v) is 2.71. The van der Waals surface area contributed by atoms with E-state index in [9.17, 15) is 4.79 Å². The van der Waals surface area contributed by atoms with Crippen molar-refractivity contribution in [3.8, 4) is 0 Å². The van der Waals surface area contributed by atoms with E-state index in [1.165, 1.54) is 0 Å². The molecule has 0 saturated carbocycles. The van der Waals surface area contributed by atoms with Crippen LogP contribution in [0, 0.1) is 0 Å². The first-order chi connectivity index (χ1) is 7.68. The van der Waals surface area contributed by atoms with Gasteiger partial charge in [-0.05, 0) is 18.2 Å². The van der Waals surface area contributed by atoms with Crippen molar-refractivity contribution in [2.75, 3.05) is 37.6 Å². The number of hydrogen-bond acceptors (Lipinski definition) is 4. The Hall–Kier alpha value is -1.75. The summed E-state index contributed by atoms with van der Waals surface area (Å²) in [4.78, 5) is 13.9. The van der Waals surface area contributed by atoms with E-state index in [0.717, 1.165) is 13.1 Å². The molecule has 1 aliphatic heterocycles. The number of benzene rings is 1. The van der Waals surface area contributed by atoms with Gasteiger partial charge in [0.25, 0.3) is 5.91 Å². The minimum atomic E-state index is -0.0358. The predicted octanol–water partition coefficient (Wildman–Crippen LogP) is -0.104. The maximum atomic E-state index is 12.1. The SMILES string of the molecule is Nc1ccc(N)c(C(=O)N2CCNCC2)c1. The van der Waals surface area contributed by atoms with Crippen molar-refractivity contribution in [1.82, 2.24) is 10.2 Å². The van der Waals surface area contributed by atoms with Crippen LogP contribution in [0.2, 0.25) is 0 Å². The van der Waals surface area contributed by atoms with E-state index in [-0.39, 0.29) is 5.91 Å². The molecule has 5 N–H and O–H groups in total. The van der Waals surface area contributed by atoms with Gasteiger partial charge >= 0.3 is 0 Å². The third kappa shape index (κ3) is 2.09. The monoisotopic (exact) mass is 220 g/mol. The number of amides is 1. The van der Waals surface area contributed by atoms with Crippen LogP contribution in [0.5, 0.6) is 0 Å². The molecule has 1 aliphatic rings. The highest BCUT2D eigenvalue weighted by atomic mass is 16.2. The molecule has 0 atom stereocenters. The number of nitrogens with zero attached hydrogens (tertiary/aromatic N) is 1. The van der Waals surface area contributed by atoms with Crippen molar-refractivity contribution in [2.24, 2.45) is 0 Å². The lowest BCUT2D eigenvalue weighted by atomic mass is 10.1. The molecule has 5 heteroatoms. The summed E-state index contributed by atoms with van der Waals surface area (Å²) in [5, 5.41) is 3.20. The number of nitrogen functional groups attached to an aromatic ring is 2. The molecule has 5 nitrogen and oxygen atoms in total. The first-order valence-corrected chi connectivity index (χ1v) is 5.33. The zero-order valence-corrected chi connectivity index (χ0v) is 9.07. The van der Waals surface area contributed by atoms with E-state index < -0.39 is 0 Å². The Labute approximate surface area is 94.4 Å². The highest BCUT2D eigenvalue weighted by Crippen LogP contribution is 2.17. The van der Waals surface area contributed by atoms with Crippen LogP contribution in [-0.4, -0.2) is 37.0 Å². The standard InChI is InChI=1S/C11H16N4O/c12-8-1-2-10(13)9(7-8)11(16)15-5-3-14-4-6-15/h1-2,7,14H,3-6,12-13H2. The number of anilines is 2. The molecule has 0 unspecified atom stereocenters. The van der Waals surface area contributed by atoms with E-state index in [0.29, 0.717) is 30.0 Å². The van der Waals surface area contributed by atoms with Crippen LogP contribution >= 0.6 is 0 Å². The molecule has 0 spiro atoms. The fourth-order valence-corrected chi connectivity index (χ4v) is 1.80. The van der Waals surface area contributed by atoms with Crippen molar-refractivity contribution in [3.05, 3.63) is 23.8 Å². The molecule has 1 amide bonds. The lowest BCUT2D eigenvalue weighted by Gasteiger charge is -2.27. The molecule has 1 aromatic carbocycles. The van der Waals surface area contributed by atoms with Gasteiger partial charge in [-0.25, -0.2) is 0 Å². The summed E-state index contributed by atoms with van der Waals surface area (Å²) >= 11 is 0. The molecule has 0 bridgehead atoms. The Morgan fingerprint density at radius 1 is 1.25 bits per heavy atom. The van der Waals surface area contributed by atoms with Crippen molar-refractivity contribution < 1.29 is 4.79 Å². The summed E-state index contributed by atoms with van der Waals surface area (Å²) < 4.78 is 0. The van der Waals surface area contributed by atoms with Crippen molar-refractivity contribution in [2.45, 2.75) is 0 Å². The van der Waals surface area contributed by atoms with Gasteiger partial charge in [-0.15, -0.1) is 0 Å². The number of carbonyl (C=O) groups excluding carboxylic acids is 1. The van der Waals surface area contributed by atoms with Gasteiger partial charge in [0, 0.05) is 37.6 Å². The quantitative estimate of drug-likeness (QED) is 0.577. The molecule has 1 fully saturated rings. The van der Waals surface area contributed by atoms with E-state index >= 15 is 0 Å². The zero-order chi connectivity index (χ0) is 11.5. The second-order valence-electron chi connectivity index (χ2n) is 3.89. The Kier molecular flexibility index (Phi) is 2.96. The minimum absolute atomic E-state index is 0.0358. The number of nitrogens with two attached hydrogens (primary N) is 2. The van der Waals surface area contributed by atoms with E-state index in [4.69, 9.17) is 11.5 Å². The molecule has 1 aromatic rings.